The number of nitrogens with zero attached hydrogens (tertiary/aromatic N) is 3. The van der Waals surface area contributed by atoms with E-state index in [0.29, 0.717) is 17.1 Å². The number of rotatable bonds is 5. The fourth-order valence-electron chi connectivity index (χ4n) is 2.18. The number of aromatic nitrogens is 2. The molecular weight excluding hydrogens is 304 g/mol. The molecule has 2 aromatic rings. The Hall–Kier alpha value is -2.61. The first-order chi connectivity index (χ1) is 10.7. The van der Waals surface area contributed by atoms with Crippen LogP contribution in [0, 0.1) is 0 Å². The Labute approximate surface area is 130 Å². The minimum Gasteiger partial charge on any atom is -0.302 e. The molecule has 3 amide bonds. The maximum Gasteiger partial charge on any atom is 0.280 e. The second-order valence-corrected chi connectivity index (χ2v) is 5.55. The van der Waals surface area contributed by atoms with Gasteiger partial charge in [0.1, 0.15) is 5.69 Å². The van der Waals surface area contributed by atoms with Crippen LogP contribution in [0.15, 0.2) is 29.9 Å². The molecule has 1 N–H and O–H groups in total. The zero-order valence-electron chi connectivity index (χ0n) is 11.5. The first-order valence-corrected chi connectivity index (χ1v) is 7.55. The molecule has 7 nitrogen and oxygen atoms in total. The molecule has 2 aromatic heterocycles. The fourth-order valence-corrected chi connectivity index (χ4v) is 2.73. The average Bonchev–Trinajstić information content (AvgIpc) is 3.10. The van der Waals surface area contributed by atoms with Crippen molar-refractivity contribution in [3.8, 4) is 0 Å². The van der Waals surface area contributed by atoms with Crippen LogP contribution in [0.2, 0.25) is 0 Å². The van der Waals surface area contributed by atoms with Crippen molar-refractivity contribution < 1.29 is 14.4 Å². The van der Waals surface area contributed by atoms with E-state index in [2.05, 4.69) is 15.3 Å². The standard InChI is InChI=1S/C14H12N4O3S/c19-10(17-14-16-6-8-22-14)4-2-7-18-12(20)9-3-1-5-15-11(9)13(18)21/h1,3,5-6,8H,2,4,7H2,(H,16,17,19). The molecule has 1 aliphatic rings. The van der Waals surface area contributed by atoms with E-state index in [1.165, 1.54) is 17.5 Å². The van der Waals surface area contributed by atoms with Crippen LogP contribution < -0.4 is 5.32 Å². The van der Waals surface area contributed by atoms with Gasteiger partial charge in [0.2, 0.25) is 5.91 Å². The maximum absolute atomic E-state index is 12.1. The van der Waals surface area contributed by atoms with Crippen LogP contribution in [0.5, 0.6) is 0 Å². The Morgan fingerprint density at radius 3 is 2.82 bits per heavy atom. The Balaban J connectivity index is 1.54. The summed E-state index contributed by atoms with van der Waals surface area (Å²) in [5.74, 6) is -0.945. The summed E-state index contributed by atoms with van der Waals surface area (Å²) in [4.78, 5) is 44.9. The van der Waals surface area contributed by atoms with Crippen molar-refractivity contribution in [2.75, 3.05) is 11.9 Å². The van der Waals surface area contributed by atoms with Crippen molar-refractivity contribution in [1.29, 1.82) is 0 Å². The van der Waals surface area contributed by atoms with Gasteiger partial charge in [0.25, 0.3) is 11.8 Å². The first-order valence-electron chi connectivity index (χ1n) is 6.67. The lowest BCUT2D eigenvalue weighted by molar-refractivity contribution is -0.116. The Kier molecular flexibility index (Phi) is 3.92. The van der Waals surface area contributed by atoms with Gasteiger partial charge in [-0.25, -0.2) is 4.98 Å². The van der Waals surface area contributed by atoms with Gasteiger partial charge < -0.3 is 5.32 Å². The number of anilines is 1. The SMILES string of the molecule is O=C(CCCN1C(=O)c2cccnc2C1=O)Nc1nccs1. The van der Waals surface area contributed by atoms with Crippen molar-refractivity contribution >= 4 is 34.2 Å². The molecule has 0 saturated carbocycles. The van der Waals surface area contributed by atoms with E-state index in [-0.39, 0.29) is 30.5 Å². The molecule has 0 atom stereocenters. The molecule has 3 heterocycles. The van der Waals surface area contributed by atoms with Gasteiger partial charge >= 0.3 is 0 Å². The quantitative estimate of drug-likeness (QED) is 0.845. The van der Waals surface area contributed by atoms with Crippen molar-refractivity contribution in [2.24, 2.45) is 0 Å². The van der Waals surface area contributed by atoms with Crippen molar-refractivity contribution in [1.82, 2.24) is 14.9 Å². The van der Waals surface area contributed by atoms with Crippen LogP contribution in [-0.2, 0) is 4.79 Å². The lowest BCUT2D eigenvalue weighted by Gasteiger charge is -2.12. The minimum absolute atomic E-state index is 0.180. The summed E-state index contributed by atoms with van der Waals surface area (Å²) in [5, 5.41) is 4.96. The summed E-state index contributed by atoms with van der Waals surface area (Å²) in [5.41, 5.74) is 0.500. The molecule has 0 spiro atoms. The molecule has 0 radical (unpaired) electrons. The number of hydrogen-bond acceptors (Lipinski definition) is 6. The molecule has 1 aliphatic heterocycles. The van der Waals surface area contributed by atoms with Gasteiger partial charge in [-0.15, -0.1) is 11.3 Å². The first kappa shape index (κ1) is 14.3. The lowest BCUT2D eigenvalue weighted by Crippen LogP contribution is -2.31. The van der Waals surface area contributed by atoms with Gasteiger partial charge in [0.05, 0.1) is 5.56 Å². The Bertz CT molecular complexity index is 694. The number of amides is 3. The monoisotopic (exact) mass is 316 g/mol. The highest BCUT2D eigenvalue weighted by Gasteiger charge is 2.36. The van der Waals surface area contributed by atoms with Crippen LogP contribution in [-0.4, -0.2) is 39.1 Å². The van der Waals surface area contributed by atoms with Gasteiger partial charge in [-0.3, -0.25) is 24.3 Å². The number of imide groups is 1. The molecular formula is C14H12N4O3S. The number of thiazole rings is 1. The molecule has 8 heteroatoms. The normalized spacial score (nSPS) is 13.4. The highest BCUT2D eigenvalue weighted by Crippen LogP contribution is 2.20. The minimum atomic E-state index is -0.402. The van der Waals surface area contributed by atoms with E-state index < -0.39 is 5.91 Å². The molecule has 0 aromatic carbocycles. The van der Waals surface area contributed by atoms with Crippen LogP contribution >= 0.6 is 11.3 Å². The zero-order chi connectivity index (χ0) is 15.5. The third kappa shape index (κ3) is 2.73. The number of nitrogens with one attached hydrogen (secondary N) is 1. The van der Waals surface area contributed by atoms with Gasteiger partial charge in [-0.2, -0.15) is 0 Å². The van der Waals surface area contributed by atoms with E-state index >= 15 is 0 Å². The van der Waals surface area contributed by atoms with E-state index in [1.807, 2.05) is 0 Å². The van der Waals surface area contributed by atoms with E-state index in [1.54, 1.807) is 23.7 Å². The summed E-state index contributed by atoms with van der Waals surface area (Å²) < 4.78 is 0. The summed E-state index contributed by atoms with van der Waals surface area (Å²) in [6.07, 6.45) is 3.68. The van der Waals surface area contributed by atoms with Crippen molar-refractivity contribution in [3.05, 3.63) is 41.2 Å². The second kappa shape index (κ2) is 6.02. The third-order valence-corrected chi connectivity index (χ3v) is 3.88. The number of pyridine rings is 1. The van der Waals surface area contributed by atoms with Gasteiger partial charge in [-0.05, 0) is 18.6 Å². The second-order valence-electron chi connectivity index (χ2n) is 4.65. The summed E-state index contributed by atoms with van der Waals surface area (Å²) in [6, 6.07) is 3.20. The maximum atomic E-state index is 12.1. The average molecular weight is 316 g/mol. The lowest BCUT2D eigenvalue weighted by atomic mass is 10.2. The van der Waals surface area contributed by atoms with Crippen molar-refractivity contribution in [2.45, 2.75) is 12.8 Å². The van der Waals surface area contributed by atoms with Crippen molar-refractivity contribution in [3.63, 3.8) is 0 Å². The molecule has 0 bridgehead atoms. The summed E-state index contributed by atoms with van der Waals surface area (Å²) >= 11 is 1.33. The molecule has 22 heavy (non-hydrogen) atoms. The molecule has 0 saturated heterocycles. The fraction of sp³-hybridized carbons (Fsp3) is 0.214. The smallest absolute Gasteiger partial charge is 0.280 e. The van der Waals surface area contributed by atoms with Gasteiger partial charge in [0.15, 0.2) is 5.13 Å². The van der Waals surface area contributed by atoms with Crippen LogP contribution in [0.25, 0.3) is 0 Å². The predicted molar refractivity (Wildman–Crippen MR) is 79.6 cm³/mol. The molecule has 3 rings (SSSR count). The third-order valence-electron chi connectivity index (χ3n) is 3.20. The van der Waals surface area contributed by atoms with Crippen LogP contribution in [0.1, 0.15) is 33.7 Å². The van der Waals surface area contributed by atoms with E-state index in [4.69, 9.17) is 0 Å². The highest BCUT2D eigenvalue weighted by atomic mass is 32.1. The largest absolute Gasteiger partial charge is 0.302 e. The van der Waals surface area contributed by atoms with Crippen LogP contribution in [0.3, 0.4) is 0 Å². The number of carbonyl (C=O) groups is 3. The van der Waals surface area contributed by atoms with E-state index in [0.717, 1.165) is 4.90 Å². The molecule has 0 unspecified atom stereocenters. The Morgan fingerprint density at radius 1 is 1.23 bits per heavy atom. The summed E-state index contributed by atoms with van der Waals surface area (Å²) in [7, 11) is 0. The number of fused-ring (bicyclic) bond motifs is 1. The molecule has 0 fully saturated rings. The van der Waals surface area contributed by atoms with Gasteiger partial charge in [-0.1, -0.05) is 0 Å². The predicted octanol–water partition coefficient (Wildman–Crippen LogP) is 1.55. The van der Waals surface area contributed by atoms with E-state index in [9.17, 15) is 14.4 Å². The summed E-state index contributed by atoms with van der Waals surface area (Å²) in [6.45, 7) is 0.194. The van der Waals surface area contributed by atoms with Gasteiger partial charge in [0, 0.05) is 30.7 Å². The molecule has 112 valence electrons. The number of hydrogen-bond donors (Lipinski definition) is 1. The topological polar surface area (TPSA) is 92.3 Å². The highest BCUT2D eigenvalue weighted by molar-refractivity contribution is 7.13. The zero-order valence-corrected chi connectivity index (χ0v) is 12.3. The van der Waals surface area contributed by atoms with Crippen LogP contribution in [0.4, 0.5) is 5.13 Å². The number of carbonyl (C=O) groups excluding carboxylic acids is 3. The molecule has 0 aliphatic carbocycles. The Morgan fingerprint density at radius 2 is 2.09 bits per heavy atom.